The Morgan fingerprint density at radius 3 is 2.41 bits per heavy atom. The molecule has 5 nitrogen and oxygen atoms in total. The number of aromatic nitrogens is 1. The SMILES string of the molecule is Cc1ccc(-n2c(O)c(C=NCCCN(C)C)c3ccccc3c2=O)cc1. The normalized spacial score (nSPS) is 11.7. The summed E-state index contributed by atoms with van der Waals surface area (Å²) in [5.74, 6) is -0.0843. The Morgan fingerprint density at radius 2 is 1.74 bits per heavy atom. The monoisotopic (exact) mass is 363 g/mol. The van der Waals surface area contributed by atoms with Crippen LogP contribution in [-0.4, -0.2) is 48.0 Å². The molecule has 1 N–H and O–H groups in total. The fourth-order valence-corrected chi connectivity index (χ4v) is 3.06. The average molecular weight is 363 g/mol. The van der Waals surface area contributed by atoms with Gasteiger partial charge in [-0.1, -0.05) is 35.9 Å². The first kappa shape index (κ1) is 18.9. The predicted octanol–water partition coefficient (Wildman–Crippen LogP) is 3.38. The molecule has 0 saturated heterocycles. The molecule has 0 bridgehead atoms. The van der Waals surface area contributed by atoms with Crippen molar-refractivity contribution in [2.24, 2.45) is 4.99 Å². The van der Waals surface area contributed by atoms with Crippen molar-refractivity contribution in [1.82, 2.24) is 9.47 Å². The van der Waals surface area contributed by atoms with E-state index in [0.29, 0.717) is 28.6 Å². The van der Waals surface area contributed by atoms with Crippen LogP contribution in [0.4, 0.5) is 0 Å². The zero-order valence-electron chi connectivity index (χ0n) is 16.0. The van der Waals surface area contributed by atoms with Crippen molar-refractivity contribution in [2.75, 3.05) is 27.2 Å². The molecule has 0 aliphatic rings. The number of benzene rings is 2. The zero-order valence-corrected chi connectivity index (χ0v) is 16.0. The van der Waals surface area contributed by atoms with E-state index < -0.39 is 0 Å². The summed E-state index contributed by atoms with van der Waals surface area (Å²) in [6.45, 7) is 3.60. The summed E-state index contributed by atoms with van der Waals surface area (Å²) in [4.78, 5) is 19.6. The number of aryl methyl sites for hydroxylation is 1. The largest absolute Gasteiger partial charge is 0.494 e. The lowest BCUT2D eigenvalue weighted by Gasteiger charge is -2.14. The van der Waals surface area contributed by atoms with Crippen LogP contribution in [-0.2, 0) is 0 Å². The van der Waals surface area contributed by atoms with Gasteiger partial charge in [0.05, 0.1) is 11.3 Å². The molecular formula is C22H25N3O2. The molecule has 5 heteroatoms. The maximum Gasteiger partial charge on any atom is 0.265 e. The minimum Gasteiger partial charge on any atom is -0.494 e. The number of nitrogens with zero attached hydrogens (tertiary/aromatic N) is 3. The summed E-state index contributed by atoms with van der Waals surface area (Å²) in [7, 11) is 4.06. The molecule has 2 aromatic carbocycles. The Labute approximate surface area is 159 Å². The van der Waals surface area contributed by atoms with Crippen LogP contribution < -0.4 is 5.56 Å². The molecule has 0 aliphatic carbocycles. The van der Waals surface area contributed by atoms with Crippen LogP contribution in [0.1, 0.15) is 17.5 Å². The van der Waals surface area contributed by atoms with Gasteiger partial charge in [0.1, 0.15) is 0 Å². The Bertz CT molecular complexity index is 1020. The van der Waals surface area contributed by atoms with E-state index in [1.165, 1.54) is 4.57 Å². The smallest absolute Gasteiger partial charge is 0.265 e. The zero-order chi connectivity index (χ0) is 19.4. The highest BCUT2D eigenvalue weighted by molar-refractivity contribution is 6.01. The lowest BCUT2D eigenvalue weighted by molar-refractivity contribution is 0.403. The Kier molecular flexibility index (Phi) is 5.72. The summed E-state index contributed by atoms with van der Waals surface area (Å²) in [5, 5.41) is 12.2. The van der Waals surface area contributed by atoms with Crippen LogP contribution in [0.25, 0.3) is 16.5 Å². The van der Waals surface area contributed by atoms with Crippen molar-refractivity contribution >= 4 is 17.0 Å². The lowest BCUT2D eigenvalue weighted by atomic mass is 10.1. The van der Waals surface area contributed by atoms with Crippen molar-refractivity contribution in [2.45, 2.75) is 13.3 Å². The highest BCUT2D eigenvalue weighted by atomic mass is 16.3. The molecule has 27 heavy (non-hydrogen) atoms. The fraction of sp³-hybridized carbons (Fsp3) is 0.273. The number of fused-ring (bicyclic) bond motifs is 1. The number of rotatable bonds is 6. The standard InChI is InChI=1S/C22H25N3O2/c1-16-9-11-17(12-10-16)25-21(26)19-8-5-4-7-18(19)20(22(25)27)15-23-13-6-14-24(2)3/h4-5,7-12,15,27H,6,13-14H2,1-3H3. The molecule has 0 fully saturated rings. The van der Waals surface area contributed by atoms with Crippen LogP contribution in [0.15, 0.2) is 58.3 Å². The maximum atomic E-state index is 13.0. The van der Waals surface area contributed by atoms with Gasteiger partial charge in [0.2, 0.25) is 5.88 Å². The predicted molar refractivity (Wildman–Crippen MR) is 112 cm³/mol. The van der Waals surface area contributed by atoms with Crippen molar-refractivity contribution in [3.8, 4) is 11.6 Å². The Balaban J connectivity index is 2.10. The van der Waals surface area contributed by atoms with E-state index in [4.69, 9.17) is 0 Å². The molecule has 0 amide bonds. The van der Waals surface area contributed by atoms with Crippen molar-refractivity contribution in [1.29, 1.82) is 0 Å². The van der Waals surface area contributed by atoms with Crippen LogP contribution in [0.2, 0.25) is 0 Å². The molecule has 1 aromatic heterocycles. The van der Waals surface area contributed by atoms with Gasteiger partial charge in [-0.25, -0.2) is 4.57 Å². The van der Waals surface area contributed by atoms with Crippen molar-refractivity contribution in [3.05, 3.63) is 70.0 Å². The minimum atomic E-state index is -0.239. The molecule has 0 unspecified atom stereocenters. The Hall–Kier alpha value is -2.92. The first-order valence-corrected chi connectivity index (χ1v) is 9.07. The van der Waals surface area contributed by atoms with E-state index in [9.17, 15) is 9.90 Å². The molecule has 1 heterocycles. The molecule has 0 spiro atoms. The third-order valence-electron chi connectivity index (χ3n) is 4.51. The second-order valence-corrected chi connectivity index (χ2v) is 6.95. The number of hydrogen-bond acceptors (Lipinski definition) is 4. The van der Waals surface area contributed by atoms with E-state index in [-0.39, 0.29) is 11.4 Å². The summed E-state index contributed by atoms with van der Waals surface area (Å²) in [6, 6.07) is 14.8. The molecule has 3 rings (SSSR count). The van der Waals surface area contributed by atoms with Gasteiger partial charge in [-0.3, -0.25) is 9.79 Å². The van der Waals surface area contributed by atoms with Crippen molar-refractivity contribution in [3.63, 3.8) is 0 Å². The lowest BCUT2D eigenvalue weighted by Crippen LogP contribution is -2.20. The quantitative estimate of drug-likeness (QED) is 0.540. The number of pyridine rings is 1. The average Bonchev–Trinajstić information content (AvgIpc) is 2.65. The van der Waals surface area contributed by atoms with E-state index in [1.54, 1.807) is 12.3 Å². The molecular weight excluding hydrogens is 338 g/mol. The molecule has 0 saturated carbocycles. The van der Waals surface area contributed by atoms with Gasteiger partial charge in [0, 0.05) is 23.5 Å². The number of hydrogen-bond donors (Lipinski definition) is 1. The van der Waals surface area contributed by atoms with Gasteiger partial charge in [-0.2, -0.15) is 0 Å². The third kappa shape index (κ3) is 4.09. The van der Waals surface area contributed by atoms with E-state index in [0.717, 1.165) is 18.5 Å². The summed E-state index contributed by atoms with van der Waals surface area (Å²) in [6.07, 6.45) is 2.61. The summed E-state index contributed by atoms with van der Waals surface area (Å²) < 4.78 is 1.35. The molecule has 0 atom stereocenters. The van der Waals surface area contributed by atoms with Crippen LogP contribution in [0.3, 0.4) is 0 Å². The van der Waals surface area contributed by atoms with Crippen molar-refractivity contribution < 1.29 is 5.11 Å². The maximum absolute atomic E-state index is 13.0. The van der Waals surface area contributed by atoms with Crippen LogP contribution >= 0.6 is 0 Å². The summed E-state index contributed by atoms with van der Waals surface area (Å²) >= 11 is 0. The Morgan fingerprint density at radius 1 is 1.07 bits per heavy atom. The first-order chi connectivity index (χ1) is 13.0. The van der Waals surface area contributed by atoms with E-state index in [1.807, 2.05) is 63.5 Å². The first-order valence-electron chi connectivity index (χ1n) is 9.07. The van der Waals surface area contributed by atoms with E-state index in [2.05, 4.69) is 9.89 Å². The topological polar surface area (TPSA) is 57.8 Å². The van der Waals surface area contributed by atoms with Crippen LogP contribution in [0, 0.1) is 6.92 Å². The molecule has 0 aliphatic heterocycles. The van der Waals surface area contributed by atoms with Gasteiger partial charge in [-0.05, 0) is 52.2 Å². The van der Waals surface area contributed by atoms with Gasteiger partial charge in [0.25, 0.3) is 5.56 Å². The molecule has 0 radical (unpaired) electrons. The third-order valence-corrected chi connectivity index (χ3v) is 4.51. The number of aliphatic imine (C=N–C) groups is 1. The van der Waals surface area contributed by atoms with Gasteiger partial charge in [0.15, 0.2) is 0 Å². The van der Waals surface area contributed by atoms with Crippen LogP contribution in [0.5, 0.6) is 5.88 Å². The second-order valence-electron chi connectivity index (χ2n) is 6.95. The highest BCUT2D eigenvalue weighted by Crippen LogP contribution is 2.26. The van der Waals surface area contributed by atoms with Gasteiger partial charge < -0.3 is 10.0 Å². The minimum absolute atomic E-state index is 0.0843. The number of aromatic hydroxyl groups is 1. The van der Waals surface area contributed by atoms with Gasteiger partial charge >= 0.3 is 0 Å². The second kappa shape index (κ2) is 8.18. The van der Waals surface area contributed by atoms with Gasteiger partial charge in [-0.15, -0.1) is 0 Å². The highest BCUT2D eigenvalue weighted by Gasteiger charge is 2.15. The van der Waals surface area contributed by atoms with E-state index >= 15 is 0 Å². The molecule has 140 valence electrons. The summed E-state index contributed by atoms with van der Waals surface area (Å²) in [5.41, 5.74) is 2.05. The molecule has 3 aromatic rings. The fourth-order valence-electron chi connectivity index (χ4n) is 3.06.